The minimum absolute atomic E-state index is 0.721. The average Bonchev–Trinajstić information content (AvgIpc) is 2.65. The van der Waals surface area contributed by atoms with Crippen molar-refractivity contribution >= 4 is 0 Å². The standard InChI is InChI=1S/C14H25N3/c1-11-14(12-7-5-4-6-8-12)16-13(17(11)3)9-10-15-2/h12,15H,4-10H2,1-3H3. The Kier molecular flexibility index (Phi) is 4.21. The van der Waals surface area contributed by atoms with E-state index in [1.54, 1.807) is 0 Å². The van der Waals surface area contributed by atoms with Crippen LogP contribution in [0.2, 0.25) is 0 Å². The van der Waals surface area contributed by atoms with Gasteiger partial charge in [0.1, 0.15) is 5.82 Å². The van der Waals surface area contributed by atoms with E-state index in [4.69, 9.17) is 4.98 Å². The fraction of sp³-hybridized carbons (Fsp3) is 0.786. The van der Waals surface area contributed by atoms with Crippen LogP contribution in [0.3, 0.4) is 0 Å². The van der Waals surface area contributed by atoms with Crippen LogP contribution in [0.4, 0.5) is 0 Å². The first-order chi connectivity index (χ1) is 8.24. The van der Waals surface area contributed by atoms with Crippen molar-refractivity contribution in [3.63, 3.8) is 0 Å². The van der Waals surface area contributed by atoms with E-state index in [0.717, 1.165) is 18.9 Å². The van der Waals surface area contributed by atoms with Gasteiger partial charge in [-0.3, -0.25) is 0 Å². The maximum Gasteiger partial charge on any atom is 0.110 e. The zero-order valence-electron chi connectivity index (χ0n) is 11.4. The Balaban J connectivity index is 2.16. The van der Waals surface area contributed by atoms with Crippen LogP contribution in [0.15, 0.2) is 0 Å². The molecule has 3 heteroatoms. The van der Waals surface area contributed by atoms with Gasteiger partial charge in [-0.25, -0.2) is 4.98 Å². The van der Waals surface area contributed by atoms with Crippen LogP contribution in [-0.2, 0) is 13.5 Å². The highest BCUT2D eigenvalue weighted by molar-refractivity contribution is 5.20. The molecule has 0 amide bonds. The van der Waals surface area contributed by atoms with Gasteiger partial charge in [-0.05, 0) is 26.8 Å². The third kappa shape index (κ3) is 2.71. The maximum atomic E-state index is 4.89. The lowest BCUT2D eigenvalue weighted by atomic mass is 9.86. The second-order valence-corrected chi connectivity index (χ2v) is 5.25. The van der Waals surface area contributed by atoms with Crippen molar-refractivity contribution in [2.45, 2.75) is 51.4 Å². The Labute approximate surface area is 105 Å². The first-order valence-corrected chi connectivity index (χ1v) is 6.90. The molecule has 1 saturated carbocycles. The molecule has 1 aromatic rings. The van der Waals surface area contributed by atoms with Gasteiger partial charge in [-0.2, -0.15) is 0 Å². The lowest BCUT2D eigenvalue weighted by Gasteiger charge is -2.20. The van der Waals surface area contributed by atoms with Crippen molar-refractivity contribution in [3.05, 3.63) is 17.2 Å². The zero-order valence-corrected chi connectivity index (χ0v) is 11.4. The summed E-state index contributed by atoms with van der Waals surface area (Å²) in [6, 6.07) is 0. The van der Waals surface area contributed by atoms with Gasteiger partial charge in [-0.1, -0.05) is 19.3 Å². The summed E-state index contributed by atoms with van der Waals surface area (Å²) in [6.07, 6.45) is 7.88. The lowest BCUT2D eigenvalue weighted by Crippen LogP contribution is -2.13. The van der Waals surface area contributed by atoms with Crippen molar-refractivity contribution < 1.29 is 0 Å². The minimum atomic E-state index is 0.721. The summed E-state index contributed by atoms with van der Waals surface area (Å²) in [5, 5.41) is 3.20. The normalized spacial score (nSPS) is 17.6. The molecular weight excluding hydrogens is 210 g/mol. The fourth-order valence-corrected chi connectivity index (χ4v) is 2.88. The molecule has 1 aliphatic rings. The van der Waals surface area contributed by atoms with Crippen molar-refractivity contribution in [2.75, 3.05) is 13.6 Å². The van der Waals surface area contributed by atoms with E-state index in [0.29, 0.717) is 0 Å². The number of likely N-dealkylation sites (N-methyl/N-ethyl adjacent to an activating group) is 1. The van der Waals surface area contributed by atoms with Crippen molar-refractivity contribution in [1.29, 1.82) is 0 Å². The molecule has 0 aliphatic heterocycles. The second kappa shape index (κ2) is 5.67. The molecule has 3 nitrogen and oxygen atoms in total. The Hall–Kier alpha value is -0.830. The van der Waals surface area contributed by atoms with Gasteiger partial charge in [0.05, 0.1) is 5.69 Å². The summed E-state index contributed by atoms with van der Waals surface area (Å²) in [7, 11) is 4.15. The van der Waals surface area contributed by atoms with Crippen molar-refractivity contribution in [1.82, 2.24) is 14.9 Å². The third-order valence-corrected chi connectivity index (χ3v) is 4.10. The van der Waals surface area contributed by atoms with Crippen LogP contribution in [0.1, 0.15) is 55.2 Å². The molecule has 1 N–H and O–H groups in total. The van der Waals surface area contributed by atoms with E-state index < -0.39 is 0 Å². The van der Waals surface area contributed by atoms with E-state index in [1.807, 2.05) is 7.05 Å². The SMILES string of the molecule is CNCCc1nc(C2CCCCC2)c(C)n1C. The molecule has 0 aromatic carbocycles. The zero-order chi connectivity index (χ0) is 12.3. The highest BCUT2D eigenvalue weighted by Crippen LogP contribution is 2.33. The molecule has 1 aromatic heterocycles. The smallest absolute Gasteiger partial charge is 0.110 e. The fourth-order valence-electron chi connectivity index (χ4n) is 2.88. The van der Waals surface area contributed by atoms with E-state index in [2.05, 4.69) is 23.9 Å². The predicted octanol–water partition coefficient (Wildman–Crippen LogP) is 2.54. The van der Waals surface area contributed by atoms with Crippen molar-refractivity contribution in [3.8, 4) is 0 Å². The highest BCUT2D eigenvalue weighted by Gasteiger charge is 2.21. The quantitative estimate of drug-likeness (QED) is 0.869. The molecule has 0 spiro atoms. The summed E-state index contributed by atoms with van der Waals surface area (Å²) in [5.74, 6) is 1.95. The molecule has 0 atom stereocenters. The molecule has 1 aliphatic carbocycles. The van der Waals surface area contributed by atoms with E-state index in [-0.39, 0.29) is 0 Å². The molecular formula is C14H25N3. The average molecular weight is 235 g/mol. The molecule has 17 heavy (non-hydrogen) atoms. The Bertz CT molecular complexity index is 362. The summed E-state index contributed by atoms with van der Waals surface area (Å²) < 4.78 is 2.28. The van der Waals surface area contributed by atoms with Gasteiger partial charge in [0.2, 0.25) is 0 Å². The highest BCUT2D eigenvalue weighted by atomic mass is 15.1. The number of aromatic nitrogens is 2. The number of hydrogen-bond acceptors (Lipinski definition) is 2. The van der Waals surface area contributed by atoms with Crippen LogP contribution in [0.5, 0.6) is 0 Å². The number of imidazole rings is 1. The second-order valence-electron chi connectivity index (χ2n) is 5.25. The van der Waals surface area contributed by atoms with Gasteiger partial charge in [0, 0.05) is 31.6 Å². The van der Waals surface area contributed by atoms with Gasteiger partial charge in [-0.15, -0.1) is 0 Å². The van der Waals surface area contributed by atoms with Gasteiger partial charge in [0.15, 0.2) is 0 Å². The van der Waals surface area contributed by atoms with Gasteiger partial charge < -0.3 is 9.88 Å². The molecule has 0 saturated heterocycles. The lowest BCUT2D eigenvalue weighted by molar-refractivity contribution is 0.435. The first-order valence-electron chi connectivity index (χ1n) is 6.90. The monoisotopic (exact) mass is 235 g/mol. The first kappa shape index (κ1) is 12.6. The summed E-state index contributed by atoms with van der Waals surface area (Å²) in [6.45, 7) is 3.23. The largest absolute Gasteiger partial charge is 0.335 e. The molecule has 1 fully saturated rings. The molecule has 0 unspecified atom stereocenters. The third-order valence-electron chi connectivity index (χ3n) is 4.10. The topological polar surface area (TPSA) is 29.9 Å². The number of rotatable bonds is 4. The van der Waals surface area contributed by atoms with Crippen molar-refractivity contribution in [2.24, 2.45) is 7.05 Å². The van der Waals surface area contributed by atoms with E-state index in [1.165, 1.54) is 49.3 Å². The number of hydrogen-bond donors (Lipinski definition) is 1. The molecule has 96 valence electrons. The summed E-state index contributed by atoms with van der Waals surface area (Å²) in [5.41, 5.74) is 2.75. The van der Waals surface area contributed by atoms with Crippen LogP contribution < -0.4 is 5.32 Å². The summed E-state index contributed by atoms with van der Waals surface area (Å²) >= 11 is 0. The molecule has 2 rings (SSSR count). The minimum Gasteiger partial charge on any atom is -0.335 e. The molecule has 0 bridgehead atoms. The maximum absolute atomic E-state index is 4.89. The van der Waals surface area contributed by atoms with Crippen LogP contribution >= 0.6 is 0 Å². The molecule has 1 heterocycles. The van der Waals surface area contributed by atoms with E-state index >= 15 is 0 Å². The molecule has 0 radical (unpaired) electrons. The van der Waals surface area contributed by atoms with Crippen LogP contribution in [0.25, 0.3) is 0 Å². The van der Waals surface area contributed by atoms with Gasteiger partial charge in [0.25, 0.3) is 0 Å². The predicted molar refractivity (Wildman–Crippen MR) is 71.4 cm³/mol. The Morgan fingerprint density at radius 3 is 2.65 bits per heavy atom. The summed E-state index contributed by atoms with van der Waals surface area (Å²) in [4.78, 5) is 4.89. The van der Waals surface area contributed by atoms with Crippen LogP contribution in [0, 0.1) is 6.92 Å². The Morgan fingerprint density at radius 2 is 2.00 bits per heavy atom. The Morgan fingerprint density at radius 1 is 1.29 bits per heavy atom. The van der Waals surface area contributed by atoms with E-state index in [9.17, 15) is 0 Å². The van der Waals surface area contributed by atoms with Gasteiger partial charge >= 0.3 is 0 Å². The number of nitrogens with one attached hydrogen (secondary N) is 1. The van der Waals surface area contributed by atoms with Crippen LogP contribution in [-0.4, -0.2) is 23.1 Å². The number of nitrogens with zero attached hydrogens (tertiary/aromatic N) is 2.